The quantitative estimate of drug-likeness (QED) is 0.902. The van der Waals surface area contributed by atoms with E-state index >= 15 is 0 Å². The number of halogens is 1. The van der Waals surface area contributed by atoms with Crippen molar-refractivity contribution in [2.24, 2.45) is 5.41 Å². The first-order valence-corrected chi connectivity index (χ1v) is 6.59. The maximum absolute atomic E-state index is 11.8. The summed E-state index contributed by atoms with van der Waals surface area (Å²) in [6.45, 7) is 6.58. The highest BCUT2D eigenvalue weighted by molar-refractivity contribution is 9.11. The standard InChI is InChI=1S/C11H16BrNOS/c1-4-11(2,3)10(14)13-7-8-5-6-9(12)15-8/h5-6H,4,7H2,1-3H3,(H,13,14). The van der Waals surface area contributed by atoms with Crippen LogP contribution < -0.4 is 5.32 Å². The lowest BCUT2D eigenvalue weighted by Crippen LogP contribution is -2.35. The fraction of sp³-hybridized carbons (Fsp3) is 0.545. The number of hydrogen-bond donors (Lipinski definition) is 1. The molecule has 0 aliphatic heterocycles. The molecule has 1 heterocycles. The van der Waals surface area contributed by atoms with E-state index in [0.29, 0.717) is 6.54 Å². The van der Waals surface area contributed by atoms with Crippen LogP contribution >= 0.6 is 27.3 Å². The molecule has 0 aliphatic carbocycles. The second-order valence-corrected chi connectivity index (χ2v) is 6.67. The molecule has 0 fully saturated rings. The Labute approximate surface area is 103 Å². The molecule has 0 saturated heterocycles. The fourth-order valence-electron chi connectivity index (χ4n) is 1.01. The molecule has 1 amide bonds. The molecule has 0 spiro atoms. The van der Waals surface area contributed by atoms with Crippen LogP contribution in [0.2, 0.25) is 0 Å². The third-order valence-electron chi connectivity index (χ3n) is 2.55. The molecule has 1 N–H and O–H groups in total. The van der Waals surface area contributed by atoms with Crippen molar-refractivity contribution in [2.75, 3.05) is 0 Å². The summed E-state index contributed by atoms with van der Waals surface area (Å²) >= 11 is 5.05. The van der Waals surface area contributed by atoms with Gasteiger partial charge in [-0.15, -0.1) is 11.3 Å². The molecule has 0 unspecified atom stereocenters. The molecule has 1 aromatic rings. The molecule has 0 saturated carbocycles. The predicted molar refractivity (Wildman–Crippen MR) is 67.9 cm³/mol. The zero-order valence-corrected chi connectivity index (χ0v) is 11.7. The van der Waals surface area contributed by atoms with Gasteiger partial charge in [0.15, 0.2) is 0 Å². The number of carbonyl (C=O) groups excluding carboxylic acids is 1. The largest absolute Gasteiger partial charge is 0.351 e. The molecule has 15 heavy (non-hydrogen) atoms. The molecule has 0 atom stereocenters. The zero-order valence-electron chi connectivity index (χ0n) is 9.26. The van der Waals surface area contributed by atoms with E-state index in [1.54, 1.807) is 11.3 Å². The number of hydrogen-bond acceptors (Lipinski definition) is 2. The minimum Gasteiger partial charge on any atom is -0.351 e. The summed E-state index contributed by atoms with van der Waals surface area (Å²) in [4.78, 5) is 12.9. The summed E-state index contributed by atoms with van der Waals surface area (Å²) in [5, 5.41) is 2.95. The number of carbonyl (C=O) groups is 1. The predicted octanol–water partition coefficient (Wildman–Crippen LogP) is 3.56. The van der Waals surface area contributed by atoms with E-state index in [1.807, 2.05) is 32.9 Å². The highest BCUT2D eigenvalue weighted by Gasteiger charge is 2.24. The Morgan fingerprint density at radius 3 is 2.67 bits per heavy atom. The third-order valence-corrected chi connectivity index (χ3v) is 4.17. The minimum atomic E-state index is -0.269. The van der Waals surface area contributed by atoms with Crippen LogP contribution in [-0.2, 0) is 11.3 Å². The van der Waals surface area contributed by atoms with Crippen LogP contribution in [0.15, 0.2) is 15.9 Å². The normalized spacial score (nSPS) is 11.5. The lowest BCUT2D eigenvalue weighted by molar-refractivity contribution is -0.129. The SMILES string of the molecule is CCC(C)(C)C(=O)NCc1ccc(Br)s1. The monoisotopic (exact) mass is 289 g/mol. The Morgan fingerprint density at radius 1 is 1.53 bits per heavy atom. The van der Waals surface area contributed by atoms with Gasteiger partial charge in [-0.25, -0.2) is 0 Å². The van der Waals surface area contributed by atoms with Gasteiger partial charge in [-0.2, -0.15) is 0 Å². The topological polar surface area (TPSA) is 29.1 Å². The van der Waals surface area contributed by atoms with Crippen molar-refractivity contribution in [1.29, 1.82) is 0 Å². The number of rotatable bonds is 4. The summed E-state index contributed by atoms with van der Waals surface area (Å²) in [7, 11) is 0. The first-order chi connectivity index (χ1) is 6.95. The molecular formula is C11H16BrNOS. The van der Waals surface area contributed by atoms with Crippen LogP contribution in [0.5, 0.6) is 0 Å². The highest BCUT2D eigenvalue weighted by Crippen LogP contribution is 2.23. The van der Waals surface area contributed by atoms with Crippen molar-refractivity contribution in [3.63, 3.8) is 0 Å². The van der Waals surface area contributed by atoms with Crippen LogP contribution in [0.25, 0.3) is 0 Å². The maximum atomic E-state index is 11.8. The summed E-state index contributed by atoms with van der Waals surface area (Å²) in [6.07, 6.45) is 0.854. The van der Waals surface area contributed by atoms with Gasteiger partial charge < -0.3 is 5.32 Å². The fourth-order valence-corrected chi connectivity index (χ4v) is 2.44. The van der Waals surface area contributed by atoms with E-state index in [-0.39, 0.29) is 11.3 Å². The van der Waals surface area contributed by atoms with Gasteiger partial charge in [-0.05, 0) is 34.5 Å². The van der Waals surface area contributed by atoms with Gasteiger partial charge in [0, 0.05) is 10.3 Å². The van der Waals surface area contributed by atoms with E-state index in [9.17, 15) is 4.79 Å². The minimum absolute atomic E-state index is 0.120. The summed E-state index contributed by atoms with van der Waals surface area (Å²) < 4.78 is 1.10. The van der Waals surface area contributed by atoms with Crippen LogP contribution in [0.3, 0.4) is 0 Å². The van der Waals surface area contributed by atoms with Gasteiger partial charge in [-0.1, -0.05) is 20.8 Å². The Kier molecular flexibility index (Phi) is 4.34. The lowest BCUT2D eigenvalue weighted by Gasteiger charge is -2.21. The van der Waals surface area contributed by atoms with Gasteiger partial charge in [0.25, 0.3) is 0 Å². The van der Waals surface area contributed by atoms with E-state index < -0.39 is 0 Å². The van der Waals surface area contributed by atoms with Gasteiger partial charge in [0.1, 0.15) is 0 Å². The second kappa shape index (κ2) is 5.12. The molecule has 4 heteroatoms. The maximum Gasteiger partial charge on any atom is 0.225 e. The first kappa shape index (κ1) is 12.7. The molecule has 84 valence electrons. The summed E-state index contributed by atoms with van der Waals surface area (Å²) in [6, 6.07) is 4.02. The smallest absolute Gasteiger partial charge is 0.225 e. The van der Waals surface area contributed by atoms with Crippen LogP contribution in [0.1, 0.15) is 32.1 Å². The van der Waals surface area contributed by atoms with E-state index in [4.69, 9.17) is 0 Å². The summed E-state index contributed by atoms with van der Waals surface area (Å²) in [5.41, 5.74) is -0.269. The van der Waals surface area contributed by atoms with E-state index in [1.165, 1.54) is 4.88 Å². The Balaban J connectivity index is 2.47. The second-order valence-electron chi connectivity index (χ2n) is 4.13. The van der Waals surface area contributed by atoms with Crippen molar-refractivity contribution in [3.8, 4) is 0 Å². The van der Waals surface area contributed by atoms with Crippen molar-refractivity contribution in [2.45, 2.75) is 33.7 Å². The van der Waals surface area contributed by atoms with E-state index in [2.05, 4.69) is 21.2 Å². The zero-order chi connectivity index (χ0) is 11.5. The van der Waals surface area contributed by atoms with Crippen LogP contribution in [0, 0.1) is 5.41 Å². The summed E-state index contributed by atoms with van der Waals surface area (Å²) in [5.74, 6) is 0.120. The third kappa shape index (κ3) is 3.61. The van der Waals surface area contributed by atoms with Crippen molar-refractivity contribution in [3.05, 3.63) is 20.8 Å². The van der Waals surface area contributed by atoms with Gasteiger partial charge in [0.05, 0.1) is 10.3 Å². The Hall–Kier alpha value is -0.350. The van der Waals surface area contributed by atoms with Gasteiger partial charge in [-0.3, -0.25) is 4.79 Å². The first-order valence-electron chi connectivity index (χ1n) is 4.98. The lowest BCUT2D eigenvalue weighted by atomic mass is 9.89. The molecule has 2 nitrogen and oxygen atoms in total. The Bertz CT molecular complexity index is 346. The average molecular weight is 290 g/mol. The van der Waals surface area contributed by atoms with E-state index in [0.717, 1.165) is 10.2 Å². The van der Waals surface area contributed by atoms with Crippen molar-refractivity contribution < 1.29 is 4.79 Å². The number of nitrogens with one attached hydrogen (secondary N) is 1. The van der Waals surface area contributed by atoms with Crippen molar-refractivity contribution >= 4 is 33.2 Å². The van der Waals surface area contributed by atoms with Crippen LogP contribution in [0.4, 0.5) is 0 Å². The molecule has 0 aromatic carbocycles. The molecule has 0 bridgehead atoms. The van der Waals surface area contributed by atoms with Gasteiger partial charge >= 0.3 is 0 Å². The number of amides is 1. The highest BCUT2D eigenvalue weighted by atomic mass is 79.9. The molecule has 0 aliphatic rings. The van der Waals surface area contributed by atoms with Crippen LogP contribution in [-0.4, -0.2) is 5.91 Å². The molecule has 1 aromatic heterocycles. The molecule has 0 radical (unpaired) electrons. The van der Waals surface area contributed by atoms with Crippen molar-refractivity contribution in [1.82, 2.24) is 5.32 Å². The molecule has 1 rings (SSSR count). The van der Waals surface area contributed by atoms with Gasteiger partial charge in [0.2, 0.25) is 5.91 Å². The molecular weight excluding hydrogens is 274 g/mol. The average Bonchev–Trinajstić information content (AvgIpc) is 2.60. The Morgan fingerprint density at radius 2 is 2.20 bits per heavy atom. The number of thiophene rings is 1.